The predicted molar refractivity (Wildman–Crippen MR) is 66.8 cm³/mol. The first kappa shape index (κ1) is 12.8. The van der Waals surface area contributed by atoms with Crippen molar-refractivity contribution in [1.29, 1.82) is 0 Å². The van der Waals surface area contributed by atoms with Crippen molar-refractivity contribution in [2.75, 3.05) is 12.5 Å². The van der Waals surface area contributed by atoms with Gasteiger partial charge in [0.05, 0.1) is 12.2 Å². The van der Waals surface area contributed by atoms with Gasteiger partial charge in [-0.3, -0.25) is 0 Å². The third-order valence-electron chi connectivity index (χ3n) is 1.98. The van der Waals surface area contributed by atoms with Crippen LogP contribution in [-0.4, -0.2) is 18.5 Å². The van der Waals surface area contributed by atoms with Crippen molar-refractivity contribution in [3.05, 3.63) is 41.5 Å². The Labute approximate surface area is 101 Å². The molecule has 16 heavy (non-hydrogen) atoms. The number of ether oxygens (including phenoxy) is 1. The highest BCUT2D eigenvalue weighted by Gasteiger charge is 2.05. The number of allylic oxidation sites excluding steroid dienone is 1. The number of halogens is 1. The molecule has 0 bridgehead atoms. The smallest absolute Gasteiger partial charge is 0.338 e. The number of carbonyl (C=O) groups excluding carboxylic acids is 1. The molecule has 3 heteroatoms. The maximum atomic E-state index is 11.5. The maximum absolute atomic E-state index is 11.5. The summed E-state index contributed by atoms with van der Waals surface area (Å²) in [7, 11) is 0. The fourth-order valence-corrected chi connectivity index (χ4v) is 1.39. The second-order valence-corrected chi connectivity index (χ2v) is 3.60. The van der Waals surface area contributed by atoms with Gasteiger partial charge in [-0.05, 0) is 31.0 Å². The Balaban J connectivity index is 2.74. The standard InChI is InChI=1S/C13H15ClO2/c1-2-16-13(15)12-8-5-7-11(10-12)6-3-4-9-14/h3,5-8,10H,2,4,9H2,1H3. The number of esters is 1. The number of hydrogen-bond donors (Lipinski definition) is 0. The van der Waals surface area contributed by atoms with Crippen LogP contribution in [0.15, 0.2) is 30.3 Å². The van der Waals surface area contributed by atoms with E-state index in [0.29, 0.717) is 18.1 Å². The van der Waals surface area contributed by atoms with Gasteiger partial charge in [0.1, 0.15) is 0 Å². The molecule has 0 fully saturated rings. The summed E-state index contributed by atoms with van der Waals surface area (Å²) in [6.45, 7) is 2.19. The minimum Gasteiger partial charge on any atom is -0.462 e. The summed E-state index contributed by atoms with van der Waals surface area (Å²) in [6, 6.07) is 7.33. The minimum atomic E-state index is -0.282. The normalized spacial score (nSPS) is 10.6. The van der Waals surface area contributed by atoms with Crippen LogP contribution in [0.25, 0.3) is 6.08 Å². The molecule has 0 radical (unpaired) electrons. The van der Waals surface area contributed by atoms with E-state index in [4.69, 9.17) is 16.3 Å². The molecule has 0 saturated heterocycles. The van der Waals surface area contributed by atoms with Gasteiger partial charge < -0.3 is 4.74 Å². The van der Waals surface area contributed by atoms with Crippen molar-refractivity contribution in [3.63, 3.8) is 0 Å². The minimum absolute atomic E-state index is 0.282. The van der Waals surface area contributed by atoms with Crippen molar-refractivity contribution < 1.29 is 9.53 Å². The van der Waals surface area contributed by atoms with Crippen molar-refractivity contribution in [2.24, 2.45) is 0 Å². The Morgan fingerprint density at radius 1 is 1.50 bits per heavy atom. The number of alkyl halides is 1. The molecule has 2 nitrogen and oxygen atoms in total. The second-order valence-electron chi connectivity index (χ2n) is 3.23. The van der Waals surface area contributed by atoms with Gasteiger partial charge in [-0.1, -0.05) is 24.3 Å². The molecule has 0 N–H and O–H groups in total. The van der Waals surface area contributed by atoms with E-state index in [2.05, 4.69) is 0 Å². The topological polar surface area (TPSA) is 26.3 Å². The molecule has 0 atom stereocenters. The molecule has 0 aromatic heterocycles. The van der Waals surface area contributed by atoms with Crippen LogP contribution >= 0.6 is 11.6 Å². The van der Waals surface area contributed by atoms with E-state index in [1.807, 2.05) is 30.4 Å². The molecule has 86 valence electrons. The first-order valence-electron chi connectivity index (χ1n) is 5.27. The van der Waals surface area contributed by atoms with Crippen LogP contribution in [0.4, 0.5) is 0 Å². The Bertz CT molecular complexity index is 372. The van der Waals surface area contributed by atoms with E-state index in [1.165, 1.54) is 0 Å². The van der Waals surface area contributed by atoms with Crippen molar-refractivity contribution in [1.82, 2.24) is 0 Å². The van der Waals surface area contributed by atoms with E-state index in [1.54, 1.807) is 13.0 Å². The molecule has 0 aliphatic rings. The lowest BCUT2D eigenvalue weighted by Crippen LogP contribution is -2.04. The SMILES string of the molecule is CCOC(=O)c1cccc(C=CCCCl)c1. The predicted octanol–water partition coefficient (Wildman–Crippen LogP) is 3.51. The van der Waals surface area contributed by atoms with E-state index in [0.717, 1.165) is 12.0 Å². The first-order chi connectivity index (χ1) is 7.77. The molecule has 0 spiro atoms. The van der Waals surface area contributed by atoms with E-state index in [-0.39, 0.29) is 5.97 Å². The van der Waals surface area contributed by atoms with Crippen molar-refractivity contribution >= 4 is 23.6 Å². The monoisotopic (exact) mass is 238 g/mol. The fourth-order valence-electron chi connectivity index (χ4n) is 1.27. The Kier molecular flexibility index (Phi) is 5.65. The third-order valence-corrected chi connectivity index (χ3v) is 2.20. The molecule has 1 rings (SSSR count). The van der Waals surface area contributed by atoms with Crippen LogP contribution in [0.5, 0.6) is 0 Å². The summed E-state index contributed by atoms with van der Waals surface area (Å²) in [6.07, 6.45) is 4.76. The summed E-state index contributed by atoms with van der Waals surface area (Å²) in [5.74, 6) is 0.323. The Morgan fingerprint density at radius 2 is 2.31 bits per heavy atom. The van der Waals surface area contributed by atoms with E-state index < -0.39 is 0 Å². The molecule has 0 saturated carbocycles. The lowest BCUT2D eigenvalue weighted by Gasteiger charge is -2.02. The van der Waals surface area contributed by atoms with Crippen LogP contribution < -0.4 is 0 Å². The van der Waals surface area contributed by atoms with Gasteiger partial charge in [0.25, 0.3) is 0 Å². The summed E-state index contributed by atoms with van der Waals surface area (Å²) < 4.78 is 4.92. The second kappa shape index (κ2) is 7.07. The van der Waals surface area contributed by atoms with Gasteiger partial charge in [0, 0.05) is 5.88 Å². The lowest BCUT2D eigenvalue weighted by atomic mass is 10.1. The quantitative estimate of drug-likeness (QED) is 0.580. The van der Waals surface area contributed by atoms with Crippen LogP contribution in [-0.2, 0) is 4.74 Å². The van der Waals surface area contributed by atoms with Gasteiger partial charge >= 0.3 is 5.97 Å². The molecule has 0 aliphatic carbocycles. The molecule has 1 aromatic rings. The number of carbonyl (C=O) groups is 1. The van der Waals surface area contributed by atoms with Gasteiger partial charge in [-0.25, -0.2) is 4.79 Å². The molecular formula is C13H15ClO2. The highest BCUT2D eigenvalue weighted by Crippen LogP contribution is 2.09. The van der Waals surface area contributed by atoms with Crippen LogP contribution in [0.3, 0.4) is 0 Å². The zero-order valence-corrected chi connectivity index (χ0v) is 10.0. The summed E-state index contributed by atoms with van der Waals surface area (Å²) in [4.78, 5) is 11.5. The van der Waals surface area contributed by atoms with Crippen molar-refractivity contribution in [3.8, 4) is 0 Å². The summed E-state index contributed by atoms with van der Waals surface area (Å²) in [5.41, 5.74) is 1.56. The number of rotatable bonds is 5. The highest BCUT2D eigenvalue weighted by atomic mass is 35.5. The third kappa shape index (κ3) is 4.07. The maximum Gasteiger partial charge on any atom is 0.338 e. The zero-order chi connectivity index (χ0) is 11.8. The number of benzene rings is 1. The average molecular weight is 239 g/mol. The van der Waals surface area contributed by atoms with E-state index >= 15 is 0 Å². The summed E-state index contributed by atoms with van der Waals surface area (Å²) >= 11 is 5.57. The first-order valence-corrected chi connectivity index (χ1v) is 5.81. The molecule has 1 aromatic carbocycles. The lowest BCUT2D eigenvalue weighted by molar-refractivity contribution is 0.0526. The van der Waals surface area contributed by atoms with Gasteiger partial charge in [0.15, 0.2) is 0 Å². The van der Waals surface area contributed by atoms with Crippen molar-refractivity contribution in [2.45, 2.75) is 13.3 Å². The molecule has 0 unspecified atom stereocenters. The zero-order valence-electron chi connectivity index (χ0n) is 9.28. The summed E-state index contributed by atoms with van der Waals surface area (Å²) in [5, 5.41) is 0. The Hall–Kier alpha value is -1.28. The van der Waals surface area contributed by atoms with Gasteiger partial charge in [0.2, 0.25) is 0 Å². The average Bonchev–Trinajstić information content (AvgIpc) is 2.30. The van der Waals surface area contributed by atoms with Gasteiger partial charge in [-0.15, -0.1) is 11.6 Å². The molecule has 0 aliphatic heterocycles. The van der Waals surface area contributed by atoms with Crippen LogP contribution in [0.1, 0.15) is 29.3 Å². The molecular weight excluding hydrogens is 224 g/mol. The fraction of sp³-hybridized carbons (Fsp3) is 0.308. The van der Waals surface area contributed by atoms with Crippen LogP contribution in [0, 0.1) is 0 Å². The Morgan fingerprint density at radius 3 is 3.00 bits per heavy atom. The molecule has 0 amide bonds. The van der Waals surface area contributed by atoms with Gasteiger partial charge in [-0.2, -0.15) is 0 Å². The highest BCUT2D eigenvalue weighted by molar-refractivity contribution is 6.17. The number of hydrogen-bond acceptors (Lipinski definition) is 2. The van der Waals surface area contributed by atoms with Crippen LogP contribution in [0.2, 0.25) is 0 Å². The van der Waals surface area contributed by atoms with E-state index in [9.17, 15) is 4.79 Å². The molecule has 0 heterocycles. The largest absolute Gasteiger partial charge is 0.462 e.